The number of hydrogen-bond acceptors (Lipinski definition) is 5. The molecule has 4 N–H and O–H groups in total. The van der Waals surface area contributed by atoms with E-state index in [0.717, 1.165) is 0 Å². The number of halogens is 2. The van der Waals surface area contributed by atoms with Crippen LogP contribution in [-0.2, 0) is 16.4 Å². The standard InChI is InChI=1S/C10H11Cl2N5O2S/c11-6-1-2-7(9(12)10(6)13)20(18,19)16-4-3-8-14-5-15-17-8/h1-2,5,16H,3-4,13H2,(H,14,15,17). The summed E-state index contributed by atoms with van der Waals surface area (Å²) in [4.78, 5) is 3.77. The smallest absolute Gasteiger partial charge is 0.242 e. The summed E-state index contributed by atoms with van der Waals surface area (Å²) in [7, 11) is -3.77. The zero-order chi connectivity index (χ0) is 14.8. The molecule has 2 rings (SSSR count). The molecule has 1 aromatic carbocycles. The van der Waals surface area contributed by atoms with E-state index in [-0.39, 0.29) is 27.2 Å². The summed E-state index contributed by atoms with van der Waals surface area (Å²) in [5, 5.41) is 6.41. The second kappa shape index (κ2) is 5.96. The Morgan fingerprint density at radius 1 is 1.35 bits per heavy atom. The zero-order valence-electron chi connectivity index (χ0n) is 10.1. The molecule has 0 aliphatic rings. The van der Waals surface area contributed by atoms with Crippen LogP contribution in [0.25, 0.3) is 0 Å². The molecule has 2 aromatic rings. The van der Waals surface area contributed by atoms with Crippen molar-refractivity contribution in [2.24, 2.45) is 0 Å². The largest absolute Gasteiger partial charge is 0.396 e. The number of nitrogens with one attached hydrogen (secondary N) is 2. The Kier molecular flexibility index (Phi) is 4.48. The number of nitrogen functional groups attached to an aromatic ring is 1. The van der Waals surface area contributed by atoms with E-state index in [4.69, 9.17) is 28.9 Å². The van der Waals surface area contributed by atoms with E-state index >= 15 is 0 Å². The molecule has 1 heterocycles. The summed E-state index contributed by atoms with van der Waals surface area (Å²) in [5.41, 5.74) is 5.64. The fraction of sp³-hybridized carbons (Fsp3) is 0.200. The van der Waals surface area contributed by atoms with Gasteiger partial charge in [-0.15, -0.1) is 0 Å². The Hall–Kier alpha value is -1.35. The number of nitrogens with zero attached hydrogens (tertiary/aromatic N) is 2. The molecule has 108 valence electrons. The van der Waals surface area contributed by atoms with Gasteiger partial charge in [0.15, 0.2) is 0 Å². The molecule has 0 atom stereocenters. The molecule has 0 bridgehead atoms. The maximum Gasteiger partial charge on any atom is 0.242 e. The predicted octanol–water partition coefficient (Wildman–Crippen LogP) is 1.21. The molecule has 0 aliphatic heterocycles. The molecular weight excluding hydrogens is 325 g/mol. The van der Waals surface area contributed by atoms with Gasteiger partial charge in [0.1, 0.15) is 17.0 Å². The van der Waals surface area contributed by atoms with E-state index in [1.165, 1.54) is 18.5 Å². The fourth-order valence-electron chi connectivity index (χ4n) is 1.49. The maximum absolute atomic E-state index is 12.1. The molecule has 1 aromatic heterocycles. The number of H-pyrrole nitrogens is 1. The molecule has 0 unspecified atom stereocenters. The molecule has 7 nitrogen and oxygen atoms in total. The van der Waals surface area contributed by atoms with Gasteiger partial charge in [-0.2, -0.15) is 5.10 Å². The summed E-state index contributed by atoms with van der Waals surface area (Å²) in [6, 6.07) is 2.69. The van der Waals surface area contributed by atoms with Crippen LogP contribution >= 0.6 is 23.2 Å². The van der Waals surface area contributed by atoms with Gasteiger partial charge in [0.05, 0.1) is 15.7 Å². The summed E-state index contributed by atoms with van der Waals surface area (Å²) >= 11 is 11.7. The monoisotopic (exact) mass is 335 g/mol. The Balaban J connectivity index is 2.12. The highest BCUT2D eigenvalue weighted by Gasteiger charge is 2.20. The minimum Gasteiger partial charge on any atom is -0.396 e. The van der Waals surface area contributed by atoms with Gasteiger partial charge in [0.2, 0.25) is 10.0 Å². The molecule has 0 aliphatic carbocycles. The van der Waals surface area contributed by atoms with Gasteiger partial charge < -0.3 is 5.73 Å². The van der Waals surface area contributed by atoms with Gasteiger partial charge in [-0.25, -0.2) is 18.1 Å². The zero-order valence-corrected chi connectivity index (χ0v) is 12.4. The van der Waals surface area contributed by atoms with Gasteiger partial charge >= 0.3 is 0 Å². The molecule has 0 spiro atoms. The minimum absolute atomic E-state index is 0.0337. The Labute approximate surface area is 125 Å². The Morgan fingerprint density at radius 2 is 2.10 bits per heavy atom. The van der Waals surface area contributed by atoms with Crippen molar-refractivity contribution in [3.8, 4) is 0 Å². The van der Waals surface area contributed by atoms with Gasteiger partial charge in [-0.05, 0) is 12.1 Å². The van der Waals surface area contributed by atoms with Crippen LogP contribution in [0.15, 0.2) is 23.4 Å². The molecule has 0 saturated carbocycles. The van der Waals surface area contributed by atoms with Gasteiger partial charge in [0, 0.05) is 13.0 Å². The lowest BCUT2D eigenvalue weighted by molar-refractivity contribution is 0.581. The molecule has 0 amide bonds. The van der Waals surface area contributed by atoms with E-state index < -0.39 is 10.0 Å². The highest BCUT2D eigenvalue weighted by molar-refractivity contribution is 7.89. The van der Waals surface area contributed by atoms with Crippen LogP contribution in [0.4, 0.5) is 5.69 Å². The first kappa shape index (κ1) is 15.0. The van der Waals surface area contributed by atoms with Gasteiger partial charge in [-0.3, -0.25) is 5.10 Å². The molecule has 0 radical (unpaired) electrons. The van der Waals surface area contributed by atoms with Crippen molar-refractivity contribution in [1.29, 1.82) is 0 Å². The van der Waals surface area contributed by atoms with Crippen molar-refractivity contribution >= 4 is 38.9 Å². The number of anilines is 1. The normalized spacial score (nSPS) is 11.7. The fourth-order valence-corrected chi connectivity index (χ4v) is 3.28. The maximum atomic E-state index is 12.1. The number of rotatable bonds is 5. The number of benzene rings is 1. The highest BCUT2D eigenvalue weighted by atomic mass is 35.5. The van der Waals surface area contributed by atoms with Crippen LogP contribution in [0.3, 0.4) is 0 Å². The average Bonchev–Trinajstić information content (AvgIpc) is 2.88. The van der Waals surface area contributed by atoms with Crippen LogP contribution in [0.1, 0.15) is 5.82 Å². The van der Waals surface area contributed by atoms with E-state index in [0.29, 0.717) is 12.2 Å². The number of aromatic amines is 1. The average molecular weight is 336 g/mol. The van der Waals surface area contributed by atoms with Crippen LogP contribution in [0.2, 0.25) is 10.0 Å². The van der Waals surface area contributed by atoms with Crippen LogP contribution in [0, 0.1) is 0 Å². The predicted molar refractivity (Wildman–Crippen MR) is 76.1 cm³/mol. The van der Waals surface area contributed by atoms with Gasteiger partial charge in [0.25, 0.3) is 0 Å². The first-order valence-electron chi connectivity index (χ1n) is 5.49. The first-order chi connectivity index (χ1) is 9.42. The van der Waals surface area contributed by atoms with Crippen LogP contribution in [-0.4, -0.2) is 30.1 Å². The summed E-state index contributed by atoms with van der Waals surface area (Å²) in [6.45, 7) is 0.149. The Bertz CT molecular complexity index is 703. The third-order valence-electron chi connectivity index (χ3n) is 2.50. The molecule has 10 heteroatoms. The van der Waals surface area contributed by atoms with Crippen LogP contribution in [0.5, 0.6) is 0 Å². The number of nitrogens with two attached hydrogens (primary N) is 1. The number of hydrogen-bond donors (Lipinski definition) is 3. The van der Waals surface area contributed by atoms with Crippen molar-refractivity contribution in [2.75, 3.05) is 12.3 Å². The summed E-state index contributed by atoms with van der Waals surface area (Å²) in [6.07, 6.45) is 1.72. The SMILES string of the molecule is Nc1c(Cl)ccc(S(=O)(=O)NCCc2ncn[nH]2)c1Cl. The van der Waals surface area contributed by atoms with Gasteiger partial charge in [-0.1, -0.05) is 23.2 Å². The molecular formula is C10H11Cl2N5O2S. The van der Waals surface area contributed by atoms with E-state index in [1.54, 1.807) is 0 Å². The lowest BCUT2D eigenvalue weighted by Gasteiger charge is -2.10. The quantitative estimate of drug-likeness (QED) is 0.710. The number of aromatic nitrogens is 3. The number of sulfonamides is 1. The van der Waals surface area contributed by atoms with E-state index in [1.807, 2.05) is 0 Å². The lowest BCUT2D eigenvalue weighted by atomic mass is 10.3. The summed E-state index contributed by atoms with van der Waals surface area (Å²) in [5.74, 6) is 0.578. The lowest BCUT2D eigenvalue weighted by Crippen LogP contribution is -2.26. The third-order valence-corrected chi connectivity index (χ3v) is 4.85. The Morgan fingerprint density at radius 3 is 2.75 bits per heavy atom. The molecule has 20 heavy (non-hydrogen) atoms. The molecule has 0 saturated heterocycles. The van der Waals surface area contributed by atoms with Crippen molar-refractivity contribution < 1.29 is 8.42 Å². The second-order valence-corrected chi connectivity index (χ2v) is 6.37. The second-order valence-electron chi connectivity index (χ2n) is 3.85. The van der Waals surface area contributed by atoms with Crippen molar-refractivity contribution in [3.05, 3.63) is 34.3 Å². The van der Waals surface area contributed by atoms with E-state index in [2.05, 4.69) is 19.9 Å². The van der Waals surface area contributed by atoms with Crippen molar-refractivity contribution in [3.63, 3.8) is 0 Å². The van der Waals surface area contributed by atoms with E-state index in [9.17, 15) is 8.42 Å². The minimum atomic E-state index is -3.77. The summed E-state index contributed by atoms with van der Waals surface area (Å²) < 4.78 is 26.6. The topological polar surface area (TPSA) is 114 Å². The molecule has 0 fully saturated rings. The third kappa shape index (κ3) is 3.21. The van der Waals surface area contributed by atoms with Crippen molar-refractivity contribution in [2.45, 2.75) is 11.3 Å². The highest BCUT2D eigenvalue weighted by Crippen LogP contribution is 2.32. The first-order valence-corrected chi connectivity index (χ1v) is 7.73. The van der Waals surface area contributed by atoms with Crippen LogP contribution < -0.4 is 10.5 Å². The van der Waals surface area contributed by atoms with Crippen molar-refractivity contribution in [1.82, 2.24) is 19.9 Å².